The summed E-state index contributed by atoms with van der Waals surface area (Å²) in [6.07, 6.45) is -0.815. The first-order valence-corrected chi connectivity index (χ1v) is 7.47. The minimum absolute atomic E-state index is 0.0653. The Bertz CT molecular complexity index is 607. The fraction of sp³-hybridized carbons (Fsp3) is 0.500. The molecule has 0 aromatic heterocycles. The van der Waals surface area contributed by atoms with E-state index in [-0.39, 0.29) is 24.0 Å². The molecule has 1 fully saturated rings. The second-order valence-electron chi connectivity index (χ2n) is 5.00. The molecule has 0 bridgehead atoms. The van der Waals surface area contributed by atoms with Crippen LogP contribution in [0.2, 0.25) is 0 Å². The lowest BCUT2D eigenvalue weighted by atomic mass is 10.2. The van der Waals surface area contributed by atoms with Crippen LogP contribution >= 0.6 is 0 Å². The number of hydrogen-bond acceptors (Lipinski definition) is 4. The maximum atomic E-state index is 13.2. The van der Waals surface area contributed by atoms with E-state index >= 15 is 0 Å². The van der Waals surface area contributed by atoms with Gasteiger partial charge in [-0.3, -0.25) is 0 Å². The fourth-order valence-corrected chi connectivity index (χ4v) is 3.71. The molecule has 2 rings (SSSR count). The van der Waals surface area contributed by atoms with Gasteiger partial charge in [0.15, 0.2) is 11.6 Å². The van der Waals surface area contributed by atoms with Crippen molar-refractivity contribution in [1.29, 1.82) is 0 Å². The van der Waals surface area contributed by atoms with Gasteiger partial charge in [0.1, 0.15) is 0 Å². The van der Waals surface area contributed by atoms with E-state index in [1.54, 1.807) is 19.0 Å². The molecule has 1 saturated heterocycles. The van der Waals surface area contributed by atoms with Gasteiger partial charge in [-0.05, 0) is 32.3 Å². The van der Waals surface area contributed by atoms with Gasteiger partial charge in [0.05, 0.1) is 17.0 Å². The Balaban J connectivity index is 2.30. The fourth-order valence-electron chi connectivity index (χ4n) is 2.23. The molecule has 1 aromatic rings. The molecule has 0 unspecified atom stereocenters. The average Bonchev–Trinajstić information content (AvgIpc) is 2.75. The molecular weight excluding hydrogens is 290 g/mol. The Morgan fingerprint density at radius 2 is 1.90 bits per heavy atom. The Morgan fingerprint density at radius 1 is 1.25 bits per heavy atom. The van der Waals surface area contributed by atoms with Gasteiger partial charge >= 0.3 is 0 Å². The number of aliphatic hydroxyl groups is 1. The van der Waals surface area contributed by atoms with Crippen molar-refractivity contribution in [3.8, 4) is 0 Å². The van der Waals surface area contributed by atoms with Gasteiger partial charge < -0.3 is 10.0 Å². The summed E-state index contributed by atoms with van der Waals surface area (Å²) >= 11 is 0. The molecular formula is C12H16F2N2O3S. The van der Waals surface area contributed by atoms with Crippen LogP contribution in [0.15, 0.2) is 23.1 Å². The maximum Gasteiger partial charge on any atom is 0.243 e. The van der Waals surface area contributed by atoms with Gasteiger partial charge in [-0.25, -0.2) is 17.2 Å². The molecule has 1 N–H and O–H groups in total. The second-order valence-corrected chi connectivity index (χ2v) is 6.93. The molecule has 2 atom stereocenters. The Morgan fingerprint density at radius 3 is 2.40 bits per heavy atom. The van der Waals surface area contributed by atoms with Crippen LogP contribution in [0.4, 0.5) is 8.78 Å². The van der Waals surface area contributed by atoms with Crippen LogP contribution in [0, 0.1) is 11.6 Å². The third kappa shape index (κ3) is 2.69. The van der Waals surface area contributed by atoms with Crippen LogP contribution in [0.3, 0.4) is 0 Å². The van der Waals surface area contributed by atoms with Crippen molar-refractivity contribution in [3.63, 3.8) is 0 Å². The van der Waals surface area contributed by atoms with E-state index in [1.807, 2.05) is 0 Å². The van der Waals surface area contributed by atoms with E-state index in [1.165, 1.54) is 0 Å². The third-order valence-corrected chi connectivity index (χ3v) is 5.25. The SMILES string of the molecule is CN(C)[C@@H]1CN(S(=O)(=O)c2ccc(F)c(F)c2)C[C@H]1O. The lowest BCUT2D eigenvalue weighted by molar-refractivity contribution is 0.113. The topological polar surface area (TPSA) is 60.9 Å². The Labute approximate surface area is 116 Å². The van der Waals surface area contributed by atoms with Crippen molar-refractivity contribution in [2.75, 3.05) is 27.2 Å². The first-order valence-electron chi connectivity index (χ1n) is 6.03. The summed E-state index contributed by atoms with van der Waals surface area (Å²) in [5, 5.41) is 9.86. The zero-order valence-corrected chi connectivity index (χ0v) is 11.9. The summed E-state index contributed by atoms with van der Waals surface area (Å²) in [7, 11) is -0.462. The van der Waals surface area contributed by atoms with Gasteiger partial charge in [0.2, 0.25) is 10.0 Å². The summed E-state index contributed by atoms with van der Waals surface area (Å²) in [6, 6.07) is 2.12. The molecule has 1 heterocycles. The highest BCUT2D eigenvalue weighted by molar-refractivity contribution is 7.89. The predicted octanol–water partition coefficient (Wildman–Crippen LogP) is 0.260. The summed E-state index contributed by atoms with van der Waals surface area (Å²) in [4.78, 5) is 1.41. The van der Waals surface area contributed by atoms with E-state index < -0.39 is 27.8 Å². The minimum atomic E-state index is -3.94. The van der Waals surface area contributed by atoms with Crippen LogP contribution in [-0.2, 0) is 10.0 Å². The average molecular weight is 306 g/mol. The normalized spacial score (nSPS) is 24.5. The lowest BCUT2D eigenvalue weighted by Crippen LogP contribution is -2.38. The molecule has 0 saturated carbocycles. The summed E-state index contributed by atoms with van der Waals surface area (Å²) < 4.78 is 51.7. The van der Waals surface area contributed by atoms with E-state index in [0.717, 1.165) is 16.4 Å². The number of hydrogen-bond donors (Lipinski definition) is 1. The number of aliphatic hydroxyl groups excluding tert-OH is 1. The number of sulfonamides is 1. The highest BCUT2D eigenvalue weighted by Gasteiger charge is 2.39. The Kier molecular flexibility index (Phi) is 4.10. The van der Waals surface area contributed by atoms with E-state index in [0.29, 0.717) is 6.07 Å². The first kappa shape index (κ1) is 15.3. The molecule has 0 radical (unpaired) electrons. The highest BCUT2D eigenvalue weighted by Crippen LogP contribution is 2.24. The first-order chi connectivity index (χ1) is 9.23. The van der Waals surface area contributed by atoms with Crippen molar-refractivity contribution in [2.24, 2.45) is 0 Å². The van der Waals surface area contributed by atoms with E-state index in [9.17, 15) is 22.3 Å². The number of likely N-dealkylation sites (N-methyl/N-ethyl adjacent to an activating group) is 1. The quantitative estimate of drug-likeness (QED) is 0.870. The zero-order valence-electron chi connectivity index (χ0n) is 11.1. The molecule has 0 amide bonds. The smallest absolute Gasteiger partial charge is 0.243 e. The molecule has 1 aliphatic rings. The zero-order chi connectivity index (χ0) is 15.1. The van der Waals surface area contributed by atoms with E-state index in [2.05, 4.69) is 0 Å². The summed E-state index contributed by atoms with van der Waals surface area (Å²) in [5.74, 6) is -2.31. The number of β-amino-alcohol motifs (C(OH)–C–C–N with tert-alkyl or cyclic N) is 1. The number of benzene rings is 1. The van der Waals surface area contributed by atoms with Crippen LogP contribution < -0.4 is 0 Å². The van der Waals surface area contributed by atoms with Crippen molar-refractivity contribution in [1.82, 2.24) is 9.21 Å². The van der Waals surface area contributed by atoms with Crippen LogP contribution in [0.1, 0.15) is 0 Å². The number of nitrogens with zero attached hydrogens (tertiary/aromatic N) is 2. The van der Waals surface area contributed by atoms with Gasteiger partial charge in [-0.2, -0.15) is 4.31 Å². The molecule has 112 valence electrons. The van der Waals surface area contributed by atoms with Gasteiger partial charge in [-0.1, -0.05) is 0 Å². The summed E-state index contributed by atoms with van der Waals surface area (Å²) in [6.45, 7) is 0.0413. The molecule has 1 aromatic carbocycles. The molecule has 0 spiro atoms. The largest absolute Gasteiger partial charge is 0.390 e. The molecule has 1 aliphatic heterocycles. The van der Waals surface area contributed by atoms with E-state index in [4.69, 9.17) is 0 Å². The van der Waals surface area contributed by atoms with Gasteiger partial charge in [-0.15, -0.1) is 0 Å². The predicted molar refractivity (Wildman–Crippen MR) is 68.6 cm³/mol. The van der Waals surface area contributed by atoms with Crippen LogP contribution in [-0.4, -0.2) is 62.1 Å². The highest BCUT2D eigenvalue weighted by atomic mass is 32.2. The second kappa shape index (κ2) is 5.36. The number of rotatable bonds is 3. The van der Waals surface area contributed by atoms with Crippen molar-refractivity contribution >= 4 is 10.0 Å². The number of halogens is 2. The van der Waals surface area contributed by atoms with Crippen LogP contribution in [0.25, 0.3) is 0 Å². The standard InChI is InChI=1S/C12H16F2N2O3S/c1-15(2)11-6-16(7-12(11)17)20(18,19)8-3-4-9(13)10(14)5-8/h3-5,11-12,17H,6-7H2,1-2H3/t11-,12-/m1/s1. The monoisotopic (exact) mass is 306 g/mol. The van der Waals surface area contributed by atoms with Crippen molar-refractivity contribution < 1.29 is 22.3 Å². The molecule has 8 heteroatoms. The maximum absolute atomic E-state index is 13.2. The third-order valence-electron chi connectivity index (χ3n) is 3.42. The van der Waals surface area contributed by atoms with Crippen molar-refractivity contribution in [2.45, 2.75) is 17.0 Å². The summed E-state index contributed by atoms with van der Waals surface area (Å²) in [5.41, 5.74) is 0. The molecule has 0 aliphatic carbocycles. The van der Waals surface area contributed by atoms with Gasteiger partial charge in [0.25, 0.3) is 0 Å². The molecule has 20 heavy (non-hydrogen) atoms. The molecule has 5 nitrogen and oxygen atoms in total. The van der Waals surface area contributed by atoms with Gasteiger partial charge in [0, 0.05) is 13.1 Å². The van der Waals surface area contributed by atoms with Crippen LogP contribution in [0.5, 0.6) is 0 Å². The lowest BCUT2D eigenvalue weighted by Gasteiger charge is -2.21. The van der Waals surface area contributed by atoms with Crippen molar-refractivity contribution in [3.05, 3.63) is 29.8 Å². The minimum Gasteiger partial charge on any atom is -0.390 e. The Hall–Kier alpha value is -1.09.